The van der Waals surface area contributed by atoms with Gasteiger partial charge in [0, 0.05) is 18.7 Å². The number of nitrogens with zero attached hydrogens (tertiary/aromatic N) is 2. The Kier molecular flexibility index (Phi) is 4.18. The van der Waals surface area contributed by atoms with Crippen LogP contribution in [0.25, 0.3) is 0 Å². The molecule has 1 atom stereocenters. The van der Waals surface area contributed by atoms with Crippen LogP contribution in [0.5, 0.6) is 0 Å². The molecule has 0 spiro atoms. The largest absolute Gasteiger partial charge is 0.390 e. The summed E-state index contributed by atoms with van der Waals surface area (Å²) in [4.78, 5) is 2.14. The molecule has 1 fully saturated rings. The number of rotatable bonds is 2. The number of nitriles is 1. The molecular weight excluding hydrogens is 243 g/mol. The maximum absolute atomic E-state index is 14.0. The van der Waals surface area contributed by atoms with Gasteiger partial charge < -0.3 is 5.11 Å². The molecule has 0 bridgehead atoms. The monoisotopic (exact) mass is 262 g/mol. The molecule has 3 nitrogen and oxygen atoms in total. The zero-order valence-corrected chi connectivity index (χ0v) is 11.2. The molecule has 0 saturated carbocycles. The SMILES string of the molecule is CC1(O)CCCN(Cc2cccc(C#N)c2F)CC1. The van der Waals surface area contributed by atoms with Crippen LogP contribution in [0, 0.1) is 17.1 Å². The second-order valence-corrected chi connectivity index (χ2v) is 5.52. The summed E-state index contributed by atoms with van der Waals surface area (Å²) in [5.41, 5.74) is 0.0434. The van der Waals surface area contributed by atoms with Gasteiger partial charge in [-0.1, -0.05) is 12.1 Å². The summed E-state index contributed by atoms with van der Waals surface area (Å²) >= 11 is 0. The molecule has 2 rings (SSSR count). The average molecular weight is 262 g/mol. The van der Waals surface area contributed by atoms with Crippen molar-refractivity contribution in [3.63, 3.8) is 0 Å². The van der Waals surface area contributed by atoms with E-state index in [0.717, 1.165) is 25.9 Å². The number of hydrogen-bond donors (Lipinski definition) is 1. The maximum atomic E-state index is 14.0. The highest BCUT2D eigenvalue weighted by molar-refractivity contribution is 5.34. The second-order valence-electron chi connectivity index (χ2n) is 5.52. The van der Waals surface area contributed by atoms with Crippen molar-refractivity contribution in [1.82, 2.24) is 4.90 Å². The molecule has 0 aromatic heterocycles. The van der Waals surface area contributed by atoms with Gasteiger partial charge in [0.15, 0.2) is 0 Å². The fourth-order valence-corrected chi connectivity index (χ4v) is 2.51. The van der Waals surface area contributed by atoms with Gasteiger partial charge in [-0.2, -0.15) is 5.26 Å². The molecule has 1 aromatic carbocycles. The van der Waals surface area contributed by atoms with Crippen molar-refractivity contribution in [2.45, 2.75) is 38.3 Å². The zero-order chi connectivity index (χ0) is 13.9. The lowest BCUT2D eigenvalue weighted by Crippen LogP contribution is -2.28. The first-order valence-electron chi connectivity index (χ1n) is 6.64. The third kappa shape index (κ3) is 3.52. The smallest absolute Gasteiger partial charge is 0.145 e. The van der Waals surface area contributed by atoms with Crippen LogP contribution in [0.2, 0.25) is 0 Å². The van der Waals surface area contributed by atoms with Gasteiger partial charge >= 0.3 is 0 Å². The molecule has 1 aliphatic rings. The van der Waals surface area contributed by atoms with E-state index in [1.165, 1.54) is 6.07 Å². The van der Waals surface area contributed by atoms with Crippen LogP contribution >= 0.6 is 0 Å². The van der Waals surface area contributed by atoms with Gasteiger partial charge in [-0.25, -0.2) is 4.39 Å². The Hall–Kier alpha value is -1.44. The maximum Gasteiger partial charge on any atom is 0.145 e. The van der Waals surface area contributed by atoms with Gasteiger partial charge in [-0.3, -0.25) is 4.90 Å². The first-order chi connectivity index (χ1) is 9.02. The molecule has 4 heteroatoms. The number of aliphatic hydroxyl groups is 1. The highest BCUT2D eigenvalue weighted by atomic mass is 19.1. The van der Waals surface area contributed by atoms with Gasteiger partial charge in [0.1, 0.15) is 11.9 Å². The highest BCUT2D eigenvalue weighted by Crippen LogP contribution is 2.23. The lowest BCUT2D eigenvalue weighted by Gasteiger charge is -2.22. The summed E-state index contributed by atoms with van der Waals surface area (Å²) in [5.74, 6) is -0.416. The van der Waals surface area contributed by atoms with E-state index in [2.05, 4.69) is 4.90 Å². The highest BCUT2D eigenvalue weighted by Gasteiger charge is 2.25. The molecule has 1 saturated heterocycles. The average Bonchev–Trinajstić information content (AvgIpc) is 2.54. The van der Waals surface area contributed by atoms with Crippen molar-refractivity contribution >= 4 is 0 Å². The lowest BCUT2D eigenvalue weighted by atomic mass is 9.98. The summed E-state index contributed by atoms with van der Waals surface area (Å²) in [6, 6.07) is 6.79. The van der Waals surface area contributed by atoms with Crippen molar-refractivity contribution in [2.75, 3.05) is 13.1 Å². The fourth-order valence-electron chi connectivity index (χ4n) is 2.51. The molecule has 1 unspecified atom stereocenters. The Bertz CT molecular complexity index is 493. The second kappa shape index (κ2) is 5.68. The van der Waals surface area contributed by atoms with E-state index in [4.69, 9.17) is 5.26 Å². The molecule has 0 radical (unpaired) electrons. The molecule has 19 heavy (non-hydrogen) atoms. The minimum absolute atomic E-state index is 0.0966. The van der Waals surface area contributed by atoms with E-state index in [1.54, 1.807) is 12.1 Å². The number of halogens is 1. The molecule has 0 aliphatic carbocycles. The van der Waals surface area contributed by atoms with E-state index >= 15 is 0 Å². The van der Waals surface area contributed by atoms with Gasteiger partial charge in [-0.15, -0.1) is 0 Å². The molecule has 1 aliphatic heterocycles. The zero-order valence-electron chi connectivity index (χ0n) is 11.2. The van der Waals surface area contributed by atoms with Gasteiger partial charge in [0.2, 0.25) is 0 Å². The summed E-state index contributed by atoms with van der Waals surface area (Å²) in [6.07, 6.45) is 2.39. The predicted octanol–water partition coefficient (Wildman–Crippen LogP) is 2.43. The van der Waals surface area contributed by atoms with Gasteiger partial charge in [0.25, 0.3) is 0 Å². The van der Waals surface area contributed by atoms with Crippen LogP contribution in [-0.4, -0.2) is 28.7 Å². The quantitative estimate of drug-likeness (QED) is 0.890. The number of likely N-dealkylation sites (tertiary alicyclic amines) is 1. The van der Waals surface area contributed by atoms with Crippen LogP contribution in [0.1, 0.15) is 37.3 Å². The Morgan fingerprint density at radius 1 is 1.42 bits per heavy atom. The minimum atomic E-state index is -0.609. The van der Waals surface area contributed by atoms with Crippen LogP contribution in [0.15, 0.2) is 18.2 Å². The fraction of sp³-hybridized carbons (Fsp3) is 0.533. The van der Waals surface area contributed by atoms with Crippen molar-refractivity contribution in [2.24, 2.45) is 0 Å². The topological polar surface area (TPSA) is 47.3 Å². The van der Waals surface area contributed by atoms with Crippen LogP contribution < -0.4 is 0 Å². The molecule has 1 heterocycles. The van der Waals surface area contributed by atoms with Crippen molar-refractivity contribution < 1.29 is 9.50 Å². The van der Waals surface area contributed by atoms with Gasteiger partial charge in [-0.05, 0) is 38.8 Å². The lowest BCUT2D eigenvalue weighted by molar-refractivity contribution is 0.0444. The summed E-state index contributed by atoms with van der Waals surface area (Å²) in [6.45, 7) is 3.96. The Labute approximate surface area is 113 Å². The number of hydrogen-bond acceptors (Lipinski definition) is 3. The van der Waals surface area contributed by atoms with E-state index < -0.39 is 11.4 Å². The normalized spacial score (nSPS) is 24.7. The standard InChI is InChI=1S/C15H19FN2O/c1-15(19)6-3-8-18(9-7-15)11-13-5-2-4-12(10-17)14(13)16/h2,4-5,19H,3,6-9,11H2,1H3. The van der Waals surface area contributed by atoms with E-state index in [1.807, 2.05) is 13.0 Å². The summed E-state index contributed by atoms with van der Waals surface area (Å²) in [5, 5.41) is 18.9. The predicted molar refractivity (Wildman–Crippen MR) is 70.9 cm³/mol. The van der Waals surface area contributed by atoms with E-state index in [-0.39, 0.29) is 5.56 Å². The first-order valence-corrected chi connectivity index (χ1v) is 6.64. The van der Waals surface area contributed by atoms with Crippen LogP contribution in [-0.2, 0) is 6.54 Å². The van der Waals surface area contributed by atoms with E-state index in [0.29, 0.717) is 18.5 Å². The number of benzene rings is 1. The first kappa shape index (κ1) is 14.0. The molecule has 0 amide bonds. The van der Waals surface area contributed by atoms with Crippen molar-refractivity contribution in [1.29, 1.82) is 5.26 Å². The minimum Gasteiger partial charge on any atom is -0.390 e. The van der Waals surface area contributed by atoms with Crippen molar-refractivity contribution in [3.05, 3.63) is 35.1 Å². The van der Waals surface area contributed by atoms with Crippen LogP contribution in [0.4, 0.5) is 4.39 Å². The Morgan fingerprint density at radius 3 is 2.95 bits per heavy atom. The Morgan fingerprint density at radius 2 is 2.21 bits per heavy atom. The van der Waals surface area contributed by atoms with E-state index in [9.17, 15) is 9.50 Å². The molecule has 102 valence electrons. The molecular formula is C15H19FN2O. The third-order valence-corrected chi connectivity index (χ3v) is 3.75. The van der Waals surface area contributed by atoms with Crippen molar-refractivity contribution in [3.8, 4) is 6.07 Å². The summed E-state index contributed by atoms with van der Waals surface area (Å²) in [7, 11) is 0. The van der Waals surface area contributed by atoms with Crippen LogP contribution in [0.3, 0.4) is 0 Å². The Balaban J connectivity index is 2.08. The van der Waals surface area contributed by atoms with Gasteiger partial charge in [0.05, 0.1) is 11.2 Å². The third-order valence-electron chi connectivity index (χ3n) is 3.75. The summed E-state index contributed by atoms with van der Waals surface area (Å²) < 4.78 is 14.0. The molecule has 1 N–H and O–H groups in total. The molecule has 1 aromatic rings.